The molecule has 20 heavy (non-hydrogen) atoms. The molecule has 0 amide bonds. The number of aliphatic imine (C=N–C) groups is 1. The molecule has 0 aromatic carbocycles. The molecule has 0 bridgehead atoms. The van der Waals surface area contributed by atoms with Crippen molar-refractivity contribution in [3.05, 3.63) is 24.2 Å². The van der Waals surface area contributed by atoms with Crippen LogP contribution in [0.4, 0.5) is 0 Å². The minimum atomic E-state index is -0.142. The van der Waals surface area contributed by atoms with E-state index in [2.05, 4.69) is 10.2 Å². The molecule has 2 fully saturated rings. The van der Waals surface area contributed by atoms with Crippen molar-refractivity contribution in [2.75, 3.05) is 19.6 Å². The van der Waals surface area contributed by atoms with E-state index in [-0.39, 0.29) is 6.10 Å². The summed E-state index contributed by atoms with van der Waals surface area (Å²) in [5.74, 6) is 1.99. The minimum Gasteiger partial charge on any atom is -0.469 e. The lowest BCUT2D eigenvalue weighted by Gasteiger charge is -2.32. The Bertz CT molecular complexity index is 432. The van der Waals surface area contributed by atoms with Crippen molar-refractivity contribution < 1.29 is 9.52 Å². The Morgan fingerprint density at radius 3 is 2.80 bits per heavy atom. The third-order valence-electron chi connectivity index (χ3n) is 3.87. The summed E-state index contributed by atoms with van der Waals surface area (Å²) in [6.45, 7) is 2.52. The number of hydrogen-bond acceptors (Lipinski definition) is 3. The van der Waals surface area contributed by atoms with E-state index in [1.54, 1.807) is 6.26 Å². The van der Waals surface area contributed by atoms with Gasteiger partial charge in [-0.15, -0.1) is 0 Å². The van der Waals surface area contributed by atoms with E-state index in [1.165, 1.54) is 12.8 Å². The van der Waals surface area contributed by atoms with E-state index in [9.17, 15) is 5.11 Å². The Morgan fingerprint density at radius 1 is 1.35 bits per heavy atom. The first kappa shape index (κ1) is 13.5. The van der Waals surface area contributed by atoms with Gasteiger partial charge in [-0.1, -0.05) is 0 Å². The maximum atomic E-state index is 9.60. The maximum absolute atomic E-state index is 9.60. The van der Waals surface area contributed by atoms with E-state index in [0.717, 1.165) is 50.6 Å². The molecule has 1 aliphatic heterocycles. The molecule has 110 valence electrons. The van der Waals surface area contributed by atoms with Crippen LogP contribution in [0.1, 0.15) is 31.4 Å². The zero-order valence-corrected chi connectivity index (χ0v) is 11.8. The van der Waals surface area contributed by atoms with Gasteiger partial charge < -0.3 is 19.7 Å². The molecule has 0 radical (unpaired) electrons. The van der Waals surface area contributed by atoms with Crippen LogP contribution >= 0.6 is 0 Å². The molecule has 0 spiro atoms. The van der Waals surface area contributed by atoms with Gasteiger partial charge >= 0.3 is 0 Å². The highest BCUT2D eigenvalue weighted by Gasteiger charge is 2.26. The average molecular weight is 277 g/mol. The minimum absolute atomic E-state index is 0.142. The molecule has 2 N–H and O–H groups in total. The number of rotatable bonds is 4. The molecule has 1 aromatic heterocycles. The monoisotopic (exact) mass is 277 g/mol. The lowest BCUT2D eigenvalue weighted by Crippen LogP contribution is -2.47. The van der Waals surface area contributed by atoms with Crippen LogP contribution in [0.25, 0.3) is 0 Å². The summed E-state index contributed by atoms with van der Waals surface area (Å²) in [7, 11) is 0. The van der Waals surface area contributed by atoms with Crippen LogP contribution in [-0.2, 0) is 6.42 Å². The van der Waals surface area contributed by atoms with Crippen LogP contribution in [0.3, 0.4) is 0 Å². The highest BCUT2D eigenvalue weighted by atomic mass is 16.3. The van der Waals surface area contributed by atoms with Gasteiger partial charge in [-0.3, -0.25) is 4.99 Å². The van der Waals surface area contributed by atoms with Crippen molar-refractivity contribution in [1.29, 1.82) is 0 Å². The quantitative estimate of drug-likeness (QED) is 0.645. The largest absolute Gasteiger partial charge is 0.469 e. The predicted octanol–water partition coefficient (Wildman–Crippen LogP) is 1.39. The molecule has 1 saturated carbocycles. The number of nitrogens with one attached hydrogen (secondary N) is 1. The zero-order valence-electron chi connectivity index (χ0n) is 11.8. The van der Waals surface area contributed by atoms with Crippen molar-refractivity contribution in [1.82, 2.24) is 10.2 Å². The van der Waals surface area contributed by atoms with E-state index in [1.807, 2.05) is 12.1 Å². The van der Waals surface area contributed by atoms with Gasteiger partial charge in [0.15, 0.2) is 5.96 Å². The Hall–Kier alpha value is -1.49. The van der Waals surface area contributed by atoms with Crippen molar-refractivity contribution in [2.24, 2.45) is 4.99 Å². The lowest BCUT2D eigenvalue weighted by molar-refractivity contribution is 0.108. The van der Waals surface area contributed by atoms with Gasteiger partial charge in [0.2, 0.25) is 0 Å². The second kappa shape index (κ2) is 6.31. The third kappa shape index (κ3) is 3.76. The Morgan fingerprint density at radius 2 is 2.15 bits per heavy atom. The summed E-state index contributed by atoms with van der Waals surface area (Å²) in [5, 5.41) is 13.1. The van der Waals surface area contributed by atoms with E-state index >= 15 is 0 Å². The van der Waals surface area contributed by atoms with Gasteiger partial charge in [-0.05, 0) is 37.8 Å². The topological polar surface area (TPSA) is 61.0 Å². The molecule has 3 rings (SSSR count). The van der Waals surface area contributed by atoms with Gasteiger partial charge in [0, 0.05) is 32.1 Å². The highest BCUT2D eigenvalue weighted by molar-refractivity contribution is 5.80. The number of aliphatic hydroxyl groups is 1. The number of guanidine groups is 1. The van der Waals surface area contributed by atoms with Gasteiger partial charge in [0.05, 0.1) is 12.4 Å². The highest BCUT2D eigenvalue weighted by Crippen LogP contribution is 2.20. The van der Waals surface area contributed by atoms with Gasteiger partial charge in [0.25, 0.3) is 0 Å². The molecule has 2 aliphatic rings. The molecular formula is C15H23N3O2. The van der Waals surface area contributed by atoms with E-state index < -0.39 is 0 Å². The number of aliphatic hydroxyl groups excluding tert-OH is 1. The third-order valence-corrected chi connectivity index (χ3v) is 3.87. The van der Waals surface area contributed by atoms with Gasteiger partial charge in [-0.2, -0.15) is 0 Å². The lowest BCUT2D eigenvalue weighted by atomic mass is 10.1. The summed E-state index contributed by atoms with van der Waals surface area (Å²) in [6, 6.07) is 4.50. The molecule has 1 saturated heterocycles. The van der Waals surface area contributed by atoms with Crippen LogP contribution in [-0.4, -0.2) is 47.7 Å². The fourth-order valence-electron chi connectivity index (χ4n) is 2.45. The van der Waals surface area contributed by atoms with E-state index in [0.29, 0.717) is 6.04 Å². The molecule has 1 aromatic rings. The second-order valence-electron chi connectivity index (χ2n) is 5.67. The molecule has 1 aliphatic carbocycles. The molecule has 2 heterocycles. The molecule has 5 heteroatoms. The normalized spacial score (nSPS) is 21.2. The van der Waals surface area contributed by atoms with Crippen molar-refractivity contribution >= 4 is 5.96 Å². The van der Waals surface area contributed by atoms with Gasteiger partial charge in [0.1, 0.15) is 5.76 Å². The number of furan rings is 1. The predicted molar refractivity (Wildman–Crippen MR) is 77.7 cm³/mol. The average Bonchev–Trinajstić information content (AvgIpc) is 3.12. The molecule has 5 nitrogen and oxygen atoms in total. The smallest absolute Gasteiger partial charge is 0.194 e. The van der Waals surface area contributed by atoms with Crippen LogP contribution in [0.5, 0.6) is 0 Å². The zero-order chi connectivity index (χ0) is 13.8. The van der Waals surface area contributed by atoms with E-state index in [4.69, 9.17) is 9.41 Å². The summed E-state index contributed by atoms with van der Waals surface area (Å²) in [4.78, 5) is 6.99. The van der Waals surface area contributed by atoms with Crippen molar-refractivity contribution in [3.8, 4) is 0 Å². The van der Waals surface area contributed by atoms with Gasteiger partial charge in [-0.25, -0.2) is 0 Å². The number of hydrogen-bond donors (Lipinski definition) is 2. The summed E-state index contributed by atoms with van der Waals surface area (Å²) < 4.78 is 5.33. The molecule has 0 atom stereocenters. The second-order valence-corrected chi connectivity index (χ2v) is 5.67. The van der Waals surface area contributed by atoms with Crippen LogP contribution < -0.4 is 5.32 Å². The summed E-state index contributed by atoms with van der Waals surface area (Å²) >= 11 is 0. The van der Waals surface area contributed by atoms with Crippen LogP contribution in [0, 0.1) is 0 Å². The van der Waals surface area contributed by atoms with Crippen molar-refractivity contribution in [2.45, 2.75) is 44.2 Å². The first-order valence-corrected chi connectivity index (χ1v) is 7.57. The Balaban J connectivity index is 1.56. The fourth-order valence-corrected chi connectivity index (χ4v) is 2.45. The standard InChI is InChI=1S/C15H23N3O2/c19-13-6-9-18(10-7-13)15(17-12-3-4-12)16-8-5-14-2-1-11-20-14/h1-2,11-13,19H,3-10H2,(H,16,17). The van der Waals surface area contributed by atoms with Crippen LogP contribution in [0.15, 0.2) is 27.8 Å². The number of piperidine rings is 1. The Kier molecular flexibility index (Phi) is 4.25. The summed E-state index contributed by atoms with van der Waals surface area (Å²) in [6.07, 6.45) is 6.55. The molecular weight excluding hydrogens is 254 g/mol. The maximum Gasteiger partial charge on any atom is 0.194 e. The Labute approximate surface area is 119 Å². The number of likely N-dealkylation sites (tertiary alicyclic amines) is 1. The summed E-state index contributed by atoms with van der Waals surface area (Å²) in [5.41, 5.74) is 0. The molecule has 0 unspecified atom stereocenters. The number of nitrogens with zero attached hydrogens (tertiary/aromatic N) is 2. The fraction of sp³-hybridized carbons (Fsp3) is 0.667. The van der Waals surface area contributed by atoms with Crippen molar-refractivity contribution in [3.63, 3.8) is 0 Å². The van der Waals surface area contributed by atoms with Crippen LogP contribution in [0.2, 0.25) is 0 Å². The SMILES string of the molecule is OC1CCN(C(=NCCc2ccco2)NC2CC2)CC1. The first-order valence-electron chi connectivity index (χ1n) is 7.57. The first-order chi connectivity index (χ1) is 9.81.